The molecular formula is C50H50O7. The van der Waals surface area contributed by atoms with Gasteiger partial charge in [0.05, 0.1) is 38.1 Å². The Kier molecular flexibility index (Phi) is 10.4. The summed E-state index contributed by atoms with van der Waals surface area (Å²) in [5.74, 6) is 4.21. The molecule has 0 aromatic heterocycles. The molecule has 0 radical (unpaired) electrons. The molecule has 292 valence electrons. The summed E-state index contributed by atoms with van der Waals surface area (Å²) in [5.41, 5.74) is 7.45. The lowest BCUT2D eigenvalue weighted by atomic mass is 9.97. The number of hydrogen-bond acceptors (Lipinski definition) is 7. The molecule has 7 heteroatoms. The fraction of sp³-hybridized carbons (Fsp3) is 0.360. The van der Waals surface area contributed by atoms with Gasteiger partial charge in [-0.05, 0) is 129 Å². The molecular weight excluding hydrogens is 713 g/mol. The third-order valence-corrected chi connectivity index (χ3v) is 11.7. The Morgan fingerprint density at radius 3 is 1.53 bits per heavy atom. The monoisotopic (exact) mass is 762 g/mol. The minimum Gasteiger partial charge on any atom is -0.457 e. The van der Waals surface area contributed by atoms with Crippen molar-refractivity contribution in [2.24, 2.45) is 5.92 Å². The molecule has 1 saturated carbocycles. The highest BCUT2D eigenvalue weighted by Gasteiger charge is 2.26. The first-order valence-electron chi connectivity index (χ1n) is 20.8. The molecule has 0 amide bonds. The van der Waals surface area contributed by atoms with Crippen molar-refractivity contribution in [3.63, 3.8) is 0 Å². The van der Waals surface area contributed by atoms with Gasteiger partial charge in [0, 0.05) is 12.8 Å². The predicted octanol–water partition coefficient (Wildman–Crippen LogP) is 9.97. The quantitative estimate of drug-likeness (QED) is 0.0566. The molecule has 3 atom stereocenters. The van der Waals surface area contributed by atoms with Crippen molar-refractivity contribution < 1.29 is 33.2 Å². The number of rotatable bonds is 20. The lowest BCUT2D eigenvalue weighted by molar-refractivity contribution is 0.118. The molecule has 4 fully saturated rings. The molecule has 0 spiro atoms. The molecule has 4 aliphatic rings. The van der Waals surface area contributed by atoms with Crippen LogP contribution in [0, 0.1) is 5.92 Å². The highest BCUT2D eigenvalue weighted by molar-refractivity contribution is 5.85. The molecule has 1 aliphatic carbocycles. The summed E-state index contributed by atoms with van der Waals surface area (Å²) in [6.07, 6.45) is 10.7. The maximum Gasteiger partial charge on any atom is 0.230 e. The third-order valence-electron chi connectivity index (χ3n) is 11.7. The van der Waals surface area contributed by atoms with Gasteiger partial charge in [-0.3, -0.25) is 0 Å². The first-order valence-corrected chi connectivity index (χ1v) is 20.8. The van der Waals surface area contributed by atoms with E-state index in [1.54, 1.807) is 0 Å². The van der Waals surface area contributed by atoms with Gasteiger partial charge in [0.25, 0.3) is 0 Å². The van der Waals surface area contributed by atoms with Gasteiger partial charge >= 0.3 is 0 Å². The topological polar surface area (TPSA) is 74.5 Å². The van der Waals surface area contributed by atoms with E-state index in [0.29, 0.717) is 6.10 Å². The minimum atomic E-state index is 0.127. The lowest BCUT2D eigenvalue weighted by Gasteiger charge is -2.16. The molecule has 3 saturated heterocycles. The Hall–Kier alpha value is -5.08. The number of epoxide rings is 3. The summed E-state index contributed by atoms with van der Waals surface area (Å²) in [5, 5.41) is 4.81. The van der Waals surface area contributed by atoms with Gasteiger partial charge < -0.3 is 33.2 Å². The number of benzene rings is 6. The summed E-state index contributed by atoms with van der Waals surface area (Å²) < 4.78 is 41.3. The normalized spacial score (nSPS) is 19.4. The van der Waals surface area contributed by atoms with Crippen LogP contribution < -0.4 is 18.9 Å². The second-order valence-corrected chi connectivity index (χ2v) is 16.4. The van der Waals surface area contributed by atoms with Crippen LogP contribution in [0.1, 0.15) is 59.1 Å². The van der Waals surface area contributed by atoms with E-state index in [1.807, 2.05) is 12.1 Å². The third kappa shape index (κ3) is 9.90. The molecule has 7 nitrogen and oxygen atoms in total. The average Bonchev–Trinajstić information content (AvgIpc) is 4.02. The number of fused-ring (bicyclic) bond motifs is 2. The maximum atomic E-state index is 6.25. The van der Waals surface area contributed by atoms with Gasteiger partial charge in [-0.1, -0.05) is 85.6 Å². The Balaban J connectivity index is 0.765. The van der Waals surface area contributed by atoms with Gasteiger partial charge in [-0.15, -0.1) is 0 Å². The van der Waals surface area contributed by atoms with E-state index < -0.39 is 0 Å². The van der Waals surface area contributed by atoms with E-state index in [-0.39, 0.29) is 25.8 Å². The molecule has 0 N–H and O–H groups in total. The van der Waals surface area contributed by atoms with Crippen molar-refractivity contribution >= 4 is 21.5 Å². The Labute approximate surface area is 334 Å². The van der Waals surface area contributed by atoms with E-state index in [9.17, 15) is 0 Å². The molecule has 0 bridgehead atoms. The molecule has 10 rings (SSSR count). The first kappa shape index (κ1) is 36.3. The van der Waals surface area contributed by atoms with Gasteiger partial charge in [0.15, 0.2) is 0 Å². The smallest absolute Gasteiger partial charge is 0.230 e. The Bertz CT molecular complexity index is 2350. The zero-order chi connectivity index (χ0) is 38.0. The van der Waals surface area contributed by atoms with Crippen molar-refractivity contribution in [3.8, 4) is 23.0 Å². The van der Waals surface area contributed by atoms with E-state index in [0.717, 1.165) is 92.0 Å². The summed E-state index contributed by atoms with van der Waals surface area (Å²) >= 11 is 0. The zero-order valence-corrected chi connectivity index (χ0v) is 32.5. The minimum absolute atomic E-state index is 0.127. The van der Waals surface area contributed by atoms with E-state index >= 15 is 0 Å². The molecule has 3 unspecified atom stereocenters. The fourth-order valence-corrected chi connectivity index (χ4v) is 7.88. The van der Waals surface area contributed by atoms with Crippen molar-refractivity contribution in [2.75, 3.05) is 33.4 Å². The summed E-state index contributed by atoms with van der Waals surface area (Å²) in [7, 11) is 0. The van der Waals surface area contributed by atoms with Crippen molar-refractivity contribution in [1.29, 1.82) is 0 Å². The van der Waals surface area contributed by atoms with Crippen LogP contribution >= 0.6 is 0 Å². The first-order chi connectivity index (χ1) is 28.1. The van der Waals surface area contributed by atoms with Crippen LogP contribution in [0.15, 0.2) is 109 Å². The molecule has 6 aromatic carbocycles. The molecule has 3 aliphatic heterocycles. The van der Waals surface area contributed by atoms with E-state index in [4.69, 9.17) is 33.2 Å². The zero-order valence-electron chi connectivity index (χ0n) is 32.5. The van der Waals surface area contributed by atoms with Crippen LogP contribution in [0.4, 0.5) is 0 Å². The van der Waals surface area contributed by atoms with Gasteiger partial charge in [-0.25, -0.2) is 0 Å². The largest absolute Gasteiger partial charge is 0.457 e. The van der Waals surface area contributed by atoms with Crippen molar-refractivity contribution in [2.45, 2.75) is 76.1 Å². The fourth-order valence-electron chi connectivity index (χ4n) is 7.88. The van der Waals surface area contributed by atoms with Gasteiger partial charge in [0.1, 0.15) is 23.0 Å². The molecule has 3 heterocycles. The van der Waals surface area contributed by atoms with Gasteiger partial charge in [0.2, 0.25) is 13.6 Å². The molecule has 6 aromatic rings. The number of hydrogen-bond donors (Lipinski definition) is 0. The van der Waals surface area contributed by atoms with Crippen LogP contribution in [-0.2, 0) is 46.3 Å². The van der Waals surface area contributed by atoms with Crippen LogP contribution in [-0.4, -0.2) is 51.7 Å². The Morgan fingerprint density at radius 2 is 0.930 bits per heavy atom. The van der Waals surface area contributed by atoms with Crippen molar-refractivity contribution in [3.05, 3.63) is 143 Å². The second-order valence-electron chi connectivity index (χ2n) is 16.4. The van der Waals surface area contributed by atoms with E-state index in [2.05, 4.69) is 97.1 Å². The summed E-state index contributed by atoms with van der Waals surface area (Å²) in [4.78, 5) is 0. The standard InChI is InChI=1S/C50H50O7/c1-2-33(1)3-4-34-6-11-40-24-44(16-13-39(40)20-34)54-31-56-49-17-8-36(22-42(49)26-47-29-52-47)19-37-9-18-50(43(23-37)27-48-30-53-48)57-32-55-45-15-12-38-10-5-35(21-41(38)25-45)7-14-46-28-51-46/h5-6,8-13,15-18,20-25,33,46-48H,1-4,7,14,19,26-32H2. The van der Waals surface area contributed by atoms with Gasteiger partial charge in [-0.2, -0.15) is 0 Å². The number of aryl methyl sites for hydroxylation is 2. The molecule has 57 heavy (non-hydrogen) atoms. The predicted molar refractivity (Wildman–Crippen MR) is 222 cm³/mol. The van der Waals surface area contributed by atoms with Crippen LogP contribution in [0.5, 0.6) is 23.0 Å². The highest BCUT2D eigenvalue weighted by atomic mass is 16.7. The highest BCUT2D eigenvalue weighted by Crippen LogP contribution is 2.34. The second kappa shape index (κ2) is 16.4. The average molecular weight is 763 g/mol. The van der Waals surface area contributed by atoms with Crippen LogP contribution in [0.2, 0.25) is 0 Å². The van der Waals surface area contributed by atoms with Crippen LogP contribution in [0.3, 0.4) is 0 Å². The maximum absolute atomic E-state index is 6.25. The number of ether oxygens (including phenoxy) is 7. The van der Waals surface area contributed by atoms with E-state index in [1.165, 1.54) is 69.5 Å². The summed E-state index contributed by atoms with van der Waals surface area (Å²) in [6.45, 7) is 2.74. The summed E-state index contributed by atoms with van der Waals surface area (Å²) in [6, 6.07) is 38.9. The van der Waals surface area contributed by atoms with Crippen molar-refractivity contribution in [1.82, 2.24) is 0 Å². The lowest BCUT2D eigenvalue weighted by Crippen LogP contribution is -2.09. The SMILES string of the molecule is c1cc2cc(OCOc3ccc(Cc4ccc(OCOc5ccc6ccc(CCC7CO7)cc6c5)c(CC5CO5)c4)cc3CC3CO3)ccc2cc1CCC1CC1. The Morgan fingerprint density at radius 1 is 0.439 bits per heavy atom. The van der Waals surface area contributed by atoms with Crippen LogP contribution in [0.25, 0.3) is 21.5 Å².